The zero-order valence-corrected chi connectivity index (χ0v) is 11.5. The molecule has 1 saturated carbocycles. The smallest absolute Gasteiger partial charge is 0.123 e. The first kappa shape index (κ1) is 12.7. The van der Waals surface area contributed by atoms with Gasteiger partial charge in [0.05, 0.1) is 12.3 Å². The van der Waals surface area contributed by atoms with Crippen LogP contribution in [0, 0.1) is 24.7 Å². The van der Waals surface area contributed by atoms with Crippen molar-refractivity contribution in [2.45, 2.75) is 46.1 Å². The van der Waals surface area contributed by atoms with Crippen molar-refractivity contribution in [2.24, 2.45) is 17.8 Å². The Hall–Kier alpha value is -0.760. The molecule has 2 rings (SSSR count). The molecule has 1 aromatic rings. The minimum Gasteiger partial charge on any atom is -0.467 e. The Balaban J connectivity index is 2.15. The van der Waals surface area contributed by atoms with Crippen LogP contribution in [0.15, 0.2) is 16.7 Å². The zero-order chi connectivity index (χ0) is 12.4. The largest absolute Gasteiger partial charge is 0.467 e. The van der Waals surface area contributed by atoms with Gasteiger partial charge in [-0.05, 0) is 62.6 Å². The third-order valence-electron chi connectivity index (χ3n) is 4.18. The Morgan fingerprint density at radius 2 is 1.88 bits per heavy atom. The van der Waals surface area contributed by atoms with E-state index in [2.05, 4.69) is 39.2 Å². The summed E-state index contributed by atoms with van der Waals surface area (Å²) in [6, 6.07) is 2.45. The Bertz CT molecular complexity index is 348. The van der Waals surface area contributed by atoms with Crippen molar-refractivity contribution < 1.29 is 4.42 Å². The molecule has 0 aliphatic heterocycles. The number of furan rings is 1. The van der Waals surface area contributed by atoms with Crippen LogP contribution in [0.4, 0.5) is 0 Å². The van der Waals surface area contributed by atoms with E-state index in [4.69, 9.17) is 4.42 Å². The van der Waals surface area contributed by atoms with Gasteiger partial charge in [0.1, 0.15) is 5.76 Å². The van der Waals surface area contributed by atoms with Crippen LogP contribution in [-0.4, -0.2) is 7.05 Å². The molecule has 0 bridgehead atoms. The first-order valence-corrected chi connectivity index (χ1v) is 6.83. The Morgan fingerprint density at radius 1 is 1.24 bits per heavy atom. The molecule has 1 N–H and O–H groups in total. The molecule has 1 aliphatic carbocycles. The molecule has 0 amide bonds. The van der Waals surface area contributed by atoms with Crippen molar-refractivity contribution >= 4 is 0 Å². The van der Waals surface area contributed by atoms with Gasteiger partial charge >= 0.3 is 0 Å². The summed E-state index contributed by atoms with van der Waals surface area (Å²) in [5.74, 6) is 3.53. The fraction of sp³-hybridized carbons (Fsp3) is 0.733. The molecular weight excluding hydrogens is 210 g/mol. The molecule has 2 heteroatoms. The fourth-order valence-corrected chi connectivity index (χ4v) is 3.57. The lowest BCUT2D eigenvalue weighted by Gasteiger charge is -2.35. The van der Waals surface area contributed by atoms with E-state index in [0.29, 0.717) is 12.0 Å². The predicted octanol–water partition coefficient (Wildman–Crippen LogP) is 3.92. The molecule has 17 heavy (non-hydrogen) atoms. The van der Waals surface area contributed by atoms with Crippen molar-refractivity contribution in [3.63, 3.8) is 0 Å². The normalized spacial score (nSPS) is 31.4. The maximum Gasteiger partial charge on any atom is 0.123 e. The summed E-state index contributed by atoms with van der Waals surface area (Å²) in [4.78, 5) is 0. The Labute approximate surface area is 105 Å². The highest BCUT2D eigenvalue weighted by atomic mass is 16.3. The van der Waals surface area contributed by atoms with E-state index in [1.54, 1.807) is 0 Å². The number of aryl methyl sites for hydroxylation is 1. The minimum absolute atomic E-state index is 0.384. The molecule has 96 valence electrons. The molecule has 2 nitrogen and oxygen atoms in total. The van der Waals surface area contributed by atoms with Crippen LogP contribution in [0.5, 0.6) is 0 Å². The predicted molar refractivity (Wildman–Crippen MR) is 70.9 cm³/mol. The first-order valence-electron chi connectivity index (χ1n) is 6.83. The summed E-state index contributed by atoms with van der Waals surface area (Å²) >= 11 is 0. The van der Waals surface area contributed by atoms with Crippen LogP contribution in [0.2, 0.25) is 0 Å². The van der Waals surface area contributed by atoms with E-state index in [0.717, 1.165) is 17.6 Å². The number of rotatable bonds is 3. The summed E-state index contributed by atoms with van der Waals surface area (Å²) in [7, 11) is 2.05. The second kappa shape index (κ2) is 5.26. The van der Waals surface area contributed by atoms with Gasteiger partial charge in [0.2, 0.25) is 0 Å². The van der Waals surface area contributed by atoms with Gasteiger partial charge in [-0.15, -0.1) is 0 Å². The van der Waals surface area contributed by atoms with Gasteiger partial charge in [-0.1, -0.05) is 13.8 Å². The second-order valence-corrected chi connectivity index (χ2v) is 5.91. The summed E-state index contributed by atoms with van der Waals surface area (Å²) in [6.07, 6.45) is 5.82. The van der Waals surface area contributed by atoms with Gasteiger partial charge in [-0.3, -0.25) is 0 Å². The molecule has 1 fully saturated rings. The zero-order valence-electron chi connectivity index (χ0n) is 11.5. The topological polar surface area (TPSA) is 25.2 Å². The van der Waals surface area contributed by atoms with Crippen LogP contribution < -0.4 is 5.32 Å². The molecule has 0 radical (unpaired) electrons. The lowest BCUT2D eigenvalue weighted by atomic mass is 9.73. The van der Waals surface area contributed by atoms with Crippen LogP contribution in [0.25, 0.3) is 0 Å². The summed E-state index contributed by atoms with van der Waals surface area (Å²) in [5, 5.41) is 3.46. The van der Waals surface area contributed by atoms with Gasteiger partial charge in [-0.2, -0.15) is 0 Å². The molecule has 3 atom stereocenters. The lowest BCUT2D eigenvalue weighted by molar-refractivity contribution is 0.168. The monoisotopic (exact) mass is 235 g/mol. The van der Waals surface area contributed by atoms with Crippen LogP contribution >= 0.6 is 0 Å². The fourth-order valence-electron chi connectivity index (χ4n) is 3.57. The molecule has 0 spiro atoms. The SMILES string of the molecule is CNC(c1occc1C)C1CC(C)CC(C)C1. The first-order chi connectivity index (χ1) is 8.11. The van der Waals surface area contributed by atoms with Gasteiger partial charge < -0.3 is 9.73 Å². The average Bonchev–Trinajstić information content (AvgIpc) is 2.65. The molecule has 1 heterocycles. The highest BCUT2D eigenvalue weighted by Gasteiger charge is 2.32. The van der Waals surface area contributed by atoms with Crippen LogP contribution in [-0.2, 0) is 0 Å². The Morgan fingerprint density at radius 3 is 2.35 bits per heavy atom. The average molecular weight is 235 g/mol. The summed E-state index contributed by atoms with van der Waals surface area (Å²) in [5.41, 5.74) is 1.27. The quantitative estimate of drug-likeness (QED) is 0.859. The van der Waals surface area contributed by atoms with Gasteiger partial charge in [0.15, 0.2) is 0 Å². The number of nitrogens with one attached hydrogen (secondary N) is 1. The van der Waals surface area contributed by atoms with E-state index in [1.807, 2.05) is 6.26 Å². The molecule has 0 aromatic carbocycles. The third kappa shape index (κ3) is 2.74. The van der Waals surface area contributed by atoms with E-state index < -0.39 is 0 Å². The van der Waals surface area contributed by atoms with Gasteiger partial charge in [-0.25, -0.2) is 0 Å². The minimum atomic E-state index is 0.384. The van der Waals surface area contributed by atoms with Crippen LogP contribution in [0.3, 0.4) is 0 Å². The maximum absolute atomic E-state index is 5.68. The van der Waals surface area contributed by atoms with E-state index in [-0.39, 0.29) is 0 Å². The second-order valence-electron chi connectivity index (χ2n) is 5.91. The standard InChI is InChI=1S/C15H25NO/c1-10-7-11(2)9-13(8-10)14(16-4)15-12(3)5-6-17-15/h5-6,10-11,13-14,16H,7-9H2,1-4H3. The van der Waals surface area contributed by atoms with Gasteiger partial charge in [0, 0.05) is 0 Å². The molecule has 3 unspecified atom stereocenters. The van der Waals surface area contributed by atoms with Crippen molar-refractivity contribution in [3.8, 4) is 0 Å². The molecule has 1 aliphatic rings. The Kier molecular flexibility index (Phi) is 3.93. The van der Waals surface area contributed by atoms with E-state index in [1.165, 1.54) is 24.8 Å². The van der Waals surface area contributed by atoms with Crippen molar-refractivity contribution in [3.05, 3.63) is 23.7 Å². The van der Waals surface area contributed by atoms with Gasteiger partial charge in [0.25, 0.3) is 0 Å². The maximum atomic E-state index is 5.68. The molecule has 0 saturated heterocycles. The number of hydrogen-bond donors (Lipinski definition) is 1. The third-order valence-corrected chi connectivity index (χ3v) is 4.18. The molecular formula is C15H25NO. The van der Waals surface area contributed by atoms with Crippen molar-refractivity contribution in [1.82, 2.24) is 5.32 Å². The molecule has 1 aromatic heterocycles. The number of hydrogen-bond acceptors (Lipinski definition) is 2. The van der Waals surface area contributed by atoms with Crippen LogP contribution in [0.1, 0.15) is 50.5 Å². The highest BCUT2D eigenvalue weighted by molar-refractivity contribution is 5.19. The van der Waals surface area contributed by atoms with E-state index >= 15 is 0 Å². The summed E-state index contributed by atoms with van der Waals surface area (Å²) < 4.78 is 5.68. The van der Waals surface area contributed by atoms with Crippen molar-refractivity contribution in [2.75, 3.05) is 7.05 Å². The summed E-state index contributed by atoms with van der Waals surface area (Å²) in [6.45, 7) is 6.90. The highest BCUT2D eigenvalue weighted by Crippen LogP contribution is 2.40. The van der Waals surface area contributed by atoms with E-state index in [9.17, 15) is 0 Å². The lowest BCUT2D eigenvalue weighted by Crippen LogP contribution is -2.31. The van der Waals surface area contributed by atoms with Crippen molar-refractivity contribution in [1.29, 1.82) is 0 Å².